The van der Waals surface area contributed by atoms with Crippen LogP contribution in [0.25, 0.3) is 6.08 Å². The van der Waals surface area contributed by atoms with E-state index in [0.29, 0.717) is 29.5 Å². The molecule has 2 aliphatic rings. The van der Waals surface area contributed by atoms with Crippen LogP contribution in [0.4, 0.5) is 8.78 Å². The molecule has 0 bridgehead atoms. The van der Waals surface area contributed by atoms with Gasteiger partial charge in [0, 0.05) is 6.61 Å². The van der Waals surface area contributed by atoms with Crippen molar-refractivity contribution in [2.24, 2.45) is 0 Å². The van der Waals surface area contributed by atoms with Crippen molar-refractivity contribution >= 4 is 29.3 Å². The van der Waals surface area contributed by atoms with Crippen LogP contribution in [0.15, 0.2) is 30.0 Å². The summed E-state index contributed by atoms with van der Waals surface area (Å²) in [6, 6.07) is 6.01. The molecule has 0 aromatic heterocycles. The fraction of sp³-hybridized carbons (Fsp3) is 0.375. The van der Waals surface area contributed by atoms with Gasteiger partial charge >= 0.3 is 6.61 Å². The number of alkyl halides is 2. The lowest BCUT2D eigenvalue weighted by molar-refractivity contribution is -0.123. The van der Waals surface area contributed by atoms with E-state index in [-0.39, 0.29) is 17.8 Å². The van der Waals surface area contributed by atoms with Gasteiger partial charge in [0.2, 0.25) is 0 Å². The highest BCUT2D eigenvalue weighted by atomic mass is 32.1. The van der Waals surface area contributed by atoms with E-state index in [1.165, 1.54) is 17.0 Å². The van der Waals surface area contributed by atoms with Crippen molar-refractivity contribution in [2.45, 2.75) is 25.6 Å². The van der Waals surface area contributed by atoms with Crippen LogP contribution < -0.4 is 10.1 Å². The molecule has 1 amide bonds. The van der Waals surface area contributed by atoms with Crippen molar-refractivity contribution in [3.8, 4) is 5.75 Å². The molecule has 0 aliphatic carbocycles. The minimum Gasteiger partial charge on any atom is -0.435 e. The van der Waals surface area contributed by atoms with Gasteiger partial charge < -0.3 is 14.8 Å². The van der Waals surface area contributed by atoms with Crippen molar-refractivity contribution in [2.75, 3.05) is 13.2 Å². The Bertz CT molecular complexity index is 658. The van der Waals surface area contributed by atoms with E-state index >= 15 is 0 Å². The topological polar surface area (TPSA) is 50.8 Å². The number of hydrogen-bond acceptors (Lipinski definition) is 4. The molecule has 3 rings (SSSR count). The maximum atomic E-state index is 12.4. The molecule has 8 heteroatoms. The number of carbonyl (C=O) groups is 1. The van der Waals surface area contributed by atoms with Gasteiger partial charge in [-0.15, -0.1) is 0 Å². The quantitative estimate of drug-likeness (QED) is 0.650. The lowest BCUT2D eigenvalue weighted by Crippen LogP contribution is -2.37. The van der Waals surface area contributed by atoms with E-state index in [1.807, 2.05) is 0 Å². The largest absolute Gasteiger partial charge is 0.435 e. The first-order valence-corrected chi connectivity index (χ1v) is 7.95. The molecule has 0 saturated carbocycles. The Morgan fingerprint density at radius 3 is 2.79 bits per heavy atom. The molecular weight excluding hydrogens is 338 g/mol. The summed E-state index contributed by atoms with van der Waals surface area (Å²) < 4.78 is 34.1. The third-order valence-electron chi connectivity index (χ3n) is 3.79. The van der Waals surface area contributed by atoms with Crippen molar-refractivity contribution in [3.63, 3.8) is 0 Å². The molecule has 24 heavy (non-hydrogen) atoms. The molecule has 2 fully saturated rings. The minimum atomic E-state index is -2.86. The van der Waals surface area contributed by atoms with Gasteiger partial charge in [0.1, 0.15) is 11.4 Å². The highest BCUT2D eigenvalue weighted by Crippen LogP contribution is 2.20. The van der Waals surface area contributed by atoms with Gasteiger partial charge in [0.15, 0.2) is 5.11 Å². The Morgan fingerprint density at radius 2 is 2.17 bits per heavy atom. The first kappa shape index (κ1) is 16.8. The smallest absolute Gasteiger partial charge is 0.387 e. The lowest BCUT2D eigenvalue weighted by atomic mass is 10.2. The number of halogens is 2. The molecule has 1 aromatic carbocycles. The number of hydrogen-bond donors (Lipinski definition) is 1. The number of amides is 1. The van der Waals surface area contributed by atoms with Crippen molar-refractivity contribution in [1.29, 1.82) is 0 Å². The first-order chi connectivity index (χ1) is 11.5. The fourth-order valence-corrected chi connectivity index (χ4v) is 2.91. The van der Waals surface area contributed by atoms with Gasteiger partial charge in [-0.25, -0.2) is 0 Å². The maximum absolute atomic E-state index is 12.4. The molecule has 0 radical (unpaired) electrons. The molecule has 2 saturated heterocycles. The Labute approximate surface area is 143 Å². The number of nitrogens with zero attached hydrogens (tertiary/aromatic N) is 1. The Morgan fingerprint density at radius 1 is 1.42 bits per heavy atom. The van der Waals surface area contributed by atoms with Gasteiger partial charge in [-0.2, -0.15) is 8.78 Å². The molecule has 0 unspecified atom stereocenters. The zero-order valence-electron chi connectivity index (χ0n) is 12.7. The molecule has 5 nitrogen and oxygen atoms in total. The van der Waals surface area contributed by atoms with E-state index in [2.05, 4.69) is 10.1 Å². The first-order valence-electron chi connectivity index (χ1n) is 7.54. The van der Waals surface area contributed by atoms with E-state index in [4.69, 9.17) is 17.0 Å². The second-order valence-corrected chi connectivity index (χ2v) is 5.87. The molecule has 2 heterocycles. The highest BCUT2D eigenvalue weighted by molar-refractivity contribution is 7.80. The predicted octanol–water partition coefficient (Wildman–Crippen LogP) is 2.52. The molecule has 0 spiro atoms. The summed E-state index contributed by atoms with van der Waals surface area (Å²) in [7, 11) is 0. The summed E-state index contributed by atoms with van der Waals surface area (Å²) in [4.78, 5) is 13.9. The van der Waals surface area contributed by atoms with Gasteiger partial charge in [-0.05, 0) is 48.8 Å². The maximum Gasteiger partial charge on any atom is 0.387 e. The lowest BCUT2D eigenvalue weighted by Gasteiger charge is -2.18. The van der Waals surface area contributed by atoms with Crippen LogP contribution in [-0.4, -0.2) is 41.8 Å². The molecule has 2 aliphatic heterocycles. The Kier molecular flexibility index (Phi) is 5.06. The van der Waals surface area contributed by atoms with E-state index in [0.717, 1.165) is 12.8 Å². The van der Waals surface area contributed by atoms with Crippen molar-refractivity contribution in [3.05, 3.63) is 35.5 Å². The van der Waals surface area contributed by atoms with Crippen LogP contribution in [0.1, 0.15) is 18.4 Å². The summed E-state index contributed by atoms with van der Waals surface area (Å²) in [5.74, 6) is -0.156. The number of carbonyl (C=O) groups excluding carboxylic acids is 1. The van der Waals surface area contributed by atoms with Crippen molar-refractivity contribution in [1.82, 2.24) is 10.2 Å². The summed E-state index contributed by atoms with van der Waals surface area (Å²) in [6.45, 7) is -1.72. The van der Waals surface area contributed by atoms with E-state index < -0.39 is 6.61 Å². The van der Waals surface area contributed by atoms with Gasteiger partial charge in [0.25, 0.3) is 5.91 Å². The molecular formula is C16H16F2N2O3S. The summed E-state index contributed by atoms with van der Waals surface area (Å²) in [5, 5.41) is 3.23. The van der Waals surface area contributed by atoms with E-state index in [1.54, 1.807) is 18.2 Å². The third kappa shape index (κ3) is 3.88. The normalized spacial score (nSPS) is 22.5. The van der Waals surface area contributed by atoms with Gasteiger partial charge in [-0.1, -0.05) is 12.1 Å². The average molecular weight is 354 g/mol. The van der Waals surface area contributed by atoms with Crippen LogP contribution in [0.5, 0.6) is 5.75 Å². The molecule has 128 valence electrons. The minimum absolute atomic E-state index is 0.0128. The van der Waals surface area contributed by atoms with Crippen LogP contribution in [0.3, 0.4) is 0 Å². The van der Waals surface area contributed by atoms with Crippen LogP contribution in [0, 0.1) is 0 Å². The SMILES string of the molecule is O=C1/C(=C\c2ccc(OC(F)F)cc2)NC(=S)N1C[C@@H]1CCCO1. The monoisotopic (exact) mass is 354 g/mol. The van der Waals surface area contributed by atoms with Gasteiger partial charge in [0.05, 0.1) is 12.6 Å². The second-order valence-electron chi connectivity index (χ2n) is 5.49. The number of nitrogens with one attached hydrogen (secondary N) is 1. The number of thiocarbonyl (C=S) groups is 1. The highest BCUT2D eigenvalue weighted by Gasteiger charge is 2.33. The molecule has 1 aromatic rings. The number of rotatable bonds is 5. The van der Waals surface area contributed by atoms with Crippen LogP contribution in [0.2, 0.25) is 0 Å². The summed E-state index contributed by atoms with van der Waals surface area (Å²) in [5.41, 5.74) is 1.02. The third-order valence-corrected chi connectivity index (χ3v) is 4.11. The zero-order chi connectivity index (χ0) is 17.1. The van der Waals surface area contributed by atoms with Crippen molar-refractivity contribution < 1.29 is 23.0 Å². The molecule has 1 N–H and O–H groups in total. The van der Waals surface area contributed by atoms with Gasteiger partial charge in [-0.3, -0.25) is 9.69 Å². The van der Waals surface area contributed by atoms with Crippen LogP contribution >= 0.6 is 12.2 Å². The van der Waals surface area contributed by atoms with E-state index in [9.17, 15) is 13.6 Å². The second kappa shape index (κ2) is 7.23. The standard InChI is InChI=1S/C16H16F2N2O3S/c17-15(18)23-11-5-3-10(4-6-11)8-13-14(21)20(16(24)19-13)9-12-2-1-7-22-12/h3-6,8,12,15H,1-2,7,9H2,(H,19,24)/b13-8+/t12-/m0/s1. The molecule has 1 atom stereocenters. The predicted molar refractivity (Wildman–Crippen MR) is 87.5 cm³/mol. The number of benzene rings is 1. The van der Waals surface area contributed by atoms with Crippen LogP contribution in [-0.2, 0) is 9.53 Å². The summed E-state index contributed by atoms with van der Waals surface area (Å²) in [6.07, 6.45) is 3.54. The summed E-state index contributed by atoms with van der Waals surface area (Å²) >= 11 is 5.21. The Balaban J connectivity index is 1.68. The number of ether oxygens (including phenoxy) is 2. The Hall–Kier alpha value is -2.06. The fourth-order valence-electron chi connectivity index (χ4n) is 2.64. The zero-order valence-corrected chi connectivity index (χ0v) is 13.5. The average Bonchev–Trinajstić information content (AvgIpc) is 3.13.